The highest BCUT2D eigenvalue weighted by Crippen LogP contribution is 2.77. The van der Waals surface area contributed by atoms with Crippen LogP contribution in [0.3, 0.4) is 0 Å². The van der Waals surface area contributed by atoms with E-state index in [4.69, 9.17) is 4.74 Å². The van der Waals surface area contributed by atoms with Crippen LogP contribution in [0.25, 0.3) is 5.57 Å². The third-order valence-corrected chi connectivity index (χ3v) is 15.4. The maximum Gasteiger partial charge on any atom is 0.338 e. The van der Waals surface area contributed by atoms with E-state index in [1.54, 1.807) is 0 Å². The fourth-order valence-corrected chi connectivity index (χ4v) is 13.1. The number of benzene rings is 1. The molecular formula is C43H63NO5. The number of fused-ring (bicyclic) bond motifs is 7. The summed E-state index contributed by atoms with van der Waals surface area (Å²) in [6.07, 6.45) is 11.6. The van der Waals surface area contributed by atoms with Gasteiger partial charge in [-0.3, -0.25) is 4.79 Å². The first-order valence-corrected chi connectivity index (χ1v) is 19.1. The van der Waals surface area contributed by atoms with Gasteiger partial charge in [-0.1, -0.05) is 65.0 Å². The monoisotopic (exact) mass is 673 g/mol. The number of esters is 1. The fraction of sp³-hybridized carbons (Fsp3) is 0.721. The van der Waals surface area contributed by atoms with E-state index in [9.17, 15) is 19.8 Å². The van der Waals surface area contributed by atoms with Crippen LogP contribution in [0.1, 0.15) is 129 Å². The summed E-state index contributed by atoms with van der Waals surface area (Å²) in [4.78, 5) is 25.9. The van der Waals surface area contributed by atoms with Gasteiger partial charge in [-0.05, 0) is 153 Å². The molecule has 1 aromatic carbocycles. The molecule has 4 fully saturated rings. The molecule has 5 aliphatic rings. The molecule has 1 aromatic rings. The van der Waals surface area contributed by atoms with Crippen LogP contribution < -0.4 is 5.32 Å². The van der Waals surface area contributed by atoms with E-state index in [1.165, 1.54) is 24.0 Å². The van der Waals surface area contributed by atoms with Gasteiger partial charge in [0.05, 0.1) is 17.6 Å². The Morgan fingerprint density at radius 3 is 2.24 bits per heavy atom. The van der Waals surface area contributed by atoms with Crippen molar-refractivity contribution in [3.63, 3.8) is 0 Å². The van der Waals surface area contributed by atoms with E-state index >= 15 is 0 Å². The van der Waals surface area contributed by atoms with Gasteiger partial charge in [0.2, 0.25) is 0 Å². The Balaban J connectivity index is 1.30. The Morgan fingerprint density at radius 1 is 0.918 bits per heavy atom. The maximum atomic E-state index is 13.2. The number of allylic oxidation sites excluding steroid dienone is 2. The van der Waals surface area contributed by atoms with Gasteiger partial charge in [0.15, 0.2) is 0 Å². The summed E-state index contributed by atoms with van der Waals surface area (Å²) in [5.41, 5.74) is 3.45. The summed E-state index contributed by atoms with van der Waals surface area (Å²) in [6.45, 7) is 24.1. The summed E-state index contributed by atoms with van der Waals surface area (Å²) < 4.78 is 5.62. The molecule has 0 radical (unpaired) electrons. The van der Waals surface area contributed by atoms with Crippen LogP contribution in [0.4, 0.5) is 0 Å². The molecule has 0 aliphatic heterocycles. The Labute approximate surface area is 295 Å². The molecule has 5 aliphatic carbocycles. The van der Waals surface area contributed by atoms with Crippen LogP contribution >= 0.6 is 0 Å². The molecule has 4 saturated carbocycles. The molecule has 0 unspecified atom stereocenters. The molecule has 270 valence electrons. The average Bonchev–Trinajstić information content (AvgIpc) is 3.42. The first-order chi connectivity index (χ1) is 22.9. The molecule has 6 rings (SSSR count). The number of hydrogen-bond acceptors (Lipinski definition) is 5. The minimum Gasteiger partial charge on any atom is -0.481 e. The van der Waals surface area contributed by atoms with E-state index in [0.29, 0.717) is 36.4 Å². The maximum absolute atomic E-state index is 13.2. The lowest BCUT2D eigenvalue weighted by Gasteiger charge is -2.72. The van der Waals surface area contributed by atoms with Crippen molar-refractivity contribution in [2.45, 2.75) is 119 Å². The van der Waals surface area contributed by atoms with E-state index < -0.39 is 17.0 Å². The summed E-state index contributed by atoms with van der Waals surface area (Å²) in [5, 5.41) is 23.5. The molecule has 0 saturated heterocycles. The molecule has 0 aromatic heterocycles. The van der Waals surface area contributed by atoms with Crippen LogP contribution in [0, 0.1) is 56.7 Å². The van der Waals surface area contributed by atoms with E-state index in [-0.39, 0.29) is 46.1 Å². The van der Waals surface area contributed by atoms with Crippen LogP contribution in [0.2, 0.25) is 0 Å². The predicted octanol–water partition coefficient (Wildman–Crippen LogP) is 8.94. The minimum atomic E-state index is -0.650. The zero-order valence-electron chi connectivity index (χ0n) is 31.6. The van der Waals surface area contributed by atoms with Gasteiger partial charge in [-0.15, -0.1) is 0 Å². The Morgan fingerprint density at radius 2 is 1.61 bits per heavy atom. The summed E-state index contributed by atoms with van der Waals surface area (Å²) in [6, 6.07) is 8.05. The molecule has 0 amide bonds. The number of carbonyl (C=O) groups is 2. The van der Waals surface area contributed by atoms with Crippen molar-refractivity contribution < 1.29 is 24.5 Å². The molecule has 0 spiro atoms. The molecule has 49 heavy (non-hydrogen) atoms. The molecule has 6 heteroatoms. The molecule has 3 N–H and O–H groups in total. The number of aliphatic hydroxyl groups is 1. The number of carboxylic acids is 1. The number of aliphatic hydroxyl groups excluding tert-OH is 1. The van der Waals surface area contributed by atoms with Gasteiger partial charge in [-0.25, -0.2) is 4.79 Å². The Hall–Kier alpha value is -2.44. The third kappa shape index (κ3) is 5.57. The number of aliphatic carboxylic acids is 1. The van der Waals surface area contributed by atoms with E-state index in [0.717, 1.165) is 50.5 Å². The number of ether oxygens (including phenoxy) is 1. The normalized spacial score (nSPS) is 39.4. The molecular weight excluding hydrogens is 610 g/mol. The summed E-state index contributed by atoms with van der Waals surface area (Å²) in [5.74, 6) is 0.918. The lowest BCUT2D eigenvalue weighted by Crippen LogP contribution is -2.66. The number of hydrogen-bond donors (Lipinski definition) is 3. The van der Waals surface area contributed by atoms with Crippen molar-refractivity contribution in [2.75, 3.05) is 19.7 Å². The number of carboxylic acid groups (broad SMARTS) is 1. The highest BCUT2D eigenvalue weighted by molar-refractivity contribution is 5.90. The lowest BCUT2D eigenvalue weighted by molar-refractivity contribution is -0.227. The van der Waals surface area contributed by atoms with Crippen molar-refractivity contribution in [1.29, 1.82) is 0 Å². The van der Waals surface area contributed by atoms with Crippen molar-refractivity contribution in [3.05, 3.63) is 53.6 Å². The topological polar surface area (TPSA) is 95.9 Å². The van der Waals surface area contributed by atoms with Crippen LogP contribution in [0.15, 0.2) is 42.5 Å². The zero-order chi connectivity index (χ0) is 35.8. The summed E-state index contributed by atoms with van der Waals surface area (Å²) in [7, 11) is 0. The SMILES string of the molecule is C=C(CNCCO)[C@@H]1CC[C@]2(C(=O)O)CC[C@]3(C)[C@H](CC[C@@H]4[C@@]5(C)CC=C(c6ccc(C(=O)OC(C)(C)C)cc6)C(C)(C)[C@@H]5CC[C@]43C)[C@@H]12. The summed E-state index contributed by atoms with van der Waals surface area (Å²) >= 11 is 0. The van der Waals surface area contributed by atoms with Gasteiger partial charge in [0.1, 0.15) is 5.60 Å². The fourth-order valence-electron chi connectivity index (χ4n) is 13.1. The van der Waals surface area contributed by atoms with Gasteiger partial charge in [0, 0.05) is 13.1 Å². The number of nitrogens with one attached hydrogen (secondary N) is 1. The van der Waals surface area contributed by atoms with Crippen LogP contribution in [0.5, 0.6) is 0 Å². The number of rotatable bonds is 8. The lowest BCUT2D eigenvalue weighted by atomic mass is 9.32. The standard InChI is InChI=1S/C43H63NO5/c1-27(26-44-24-25-45)30-16-21-43(37(47)48)23-22-41(8)32(35(30)43)14-15-34-40(7)19-17-31(39(5,6)33(40)18-20-42(34,41)9)28-10-12-29(13-11-28)36(46)49-38(2,3)4/h10-13,17,30,32-35,44-45H,1,14-16,18-26H2,2-9H3,(H,47,48)/t30-,32+,33-,34+,35+,40-,41+,42+,43-/m0/s1. The Bertz CT molecular complexity index is 1500. The van der Waals surface area contributed by atoms with Crippen LogP contribution in [-0.2, 0) is 9.53 Å². The second-order valence-corrected chi connectivity index (χ2v) is 19.0. The quantitative estimate of drug-likeness (QED) is 0.145. The highest BCUT2D eigenvalue weighted by atomic mass is 16.6. The minimum absolute atomic E-state index is 0.0274. The molecule has 9 atom stereocenters. The third-order valence-electron chi connectivity index (χ3n) is 15.4. The molecule has 0 bridgehead atoms. The van der Waals surface area contributed by atoms with Crippen LogP contribution in [-0.4, -0.2) is 47.4 Å². The average molecular weight is 674 g/mol. The van der Waals surface area contributed by atoms with Crippen molar-refractivity contribution >= 4 is 17.5 Å². The van der Waals surface area contributed by atoms with Crippen molar-refractivity contribution in [3.8, 4) is 0 Å². The zero-order valence-corrected chi connectivity index (χ0v) is 31.6. The van der Waals surface area contributed by atoms with Crippen molar-refractivity contribution in [1.82, 2.24) is 5.32 Å². The molecule has 0 heterocycles. The Kier molecular flexibility index (Phi) is 9.17. The number of carbonyl (C=O) groups excluding carboxylic acids is 1. The molecule has 6 nitrogen and oxygen atoms in total. The van der Waals surface area contributed by atoms with Gasteiger partial charge in [-0.2, -0.15) is 0 Å². The second kappa shape index (κ2) is 12.4. The predicted molar refractivity (Wildman–Crippen MR) is 196 cm³/mol. The first-order valence-electron chi connectivity index (χ1n) is 19.1. The largest absolute Gasteiger partial charge is 0.481 e. The van der Waals surface area contributed by atoms with E-state index in [1.807, 2.05) is 32.9 Å². The first kappa shape index (κ1) is 36.4. The highest BCUT2D eigenvalue weighted by Gasteiger charge is 2.71. The van der Waals surface area contributed by atoms with Gasteiger partial charge < -0.3 is 20.3 Å². The van der Waals surface area contributed by atoms with Crippen molar-refractivity contribution in [2.24, 2.45) is 56.7 Å². The van der Waals surface area contributed by atoms with Gasteiger partial charge in [0.25, 0.3) is 0 Å². The smallest absolute Gasteiger partial charge is 0.338 e. The van der Waals surface area contributed by atoms with Gasteiger partial charge >= 0.3 is 11.9 Å². The van der Waals surface area contributed by atoms with E-state index in [2.05, 4.69) is 64.7 Å². The second-order valence-electron chi connectivity index (χ2n) is 19.0.